The van der Waals surface area contributed by atoms with E-state index in [-0.39, 0.29) is 46.4 Å². The van der Waals surface area contributed by atoms with Crippen LogP contribution in [0, 0.1) is 12.7 Å². The van der Waals surface area contributed by atoms with Crippen molar-refractivity contribution in [2.75, 3.05) is 37.7 Å². The molecule has 53 heavy (non-hydrogen) atoms. The molecule has 10 nitrogen and oxygen atoms in total. The molecule has 7 rings (SSSR count). The first-order chi connectivity index (χ1) is 25.4. The molecule has 1 fully saturated rings. The van der Waals surface area contributed by atoms with Crippen LogP contribution < -0.4 is 4.90 Å². The maximum absolute atomic E-state index is 15.2. The minimum Gasteiger partial charge on any atom is -0.508 e. The number of hydrogen-bond acceptors (Lipinski definition) is 6. The normalized spacial score (nSPS) is 16.4. The van der Waals surface area contributed by atoms with Crippen LogP contribution in [0.15, 0.2) is 85.2 Å². The summed E-state index contributed by atoms with van der Waals surface area (Å²) >= 11 is 0. The number of hydrogen-bond donors (Lipinski definition) is 1. The van der Waals surface area contributed by atoms with Crippen LogP contribution in [0.5, 0.6) is 5.75 Å². The molecule has 2 aromatic heterocycles. The third-order valence-corrected chi connectivity index (χ3v) is 9.87. The molecule has 4 heterocycles. The van der Waals surface area contributed by atoms with Crippen molar-refractivity contribution in [1.82, 2.24) is 24.1 Å². The van der Waals surface area contributed by atoms with Crippen LogP contribution in [0.4, 0.5) is 28.9 Å². The molecule has 0 unspecified atom stereocenters. The quantitative estimate of drug-likeness (QED) is 0.184. The molecule has 1 saturated heterocycles. The van der Waals surface area contributed by atoms with E-state index in [0.29, 0.717) is 50.6 Å². The average molecular weight is 731 g/mol. The summed E-state index contributed by atoms with van der Waals surface area (Å²) in [6.07, 6.45) is -1.15. The van der Waals surface area contributed by atoms with Crippen molar-refractivity contribution in [3.8, 4) is 17.0 Å². The number of ether oxygens (including phenoxy) is 1. The number of phenolic OH excluding ortho intramolecular Hbond substituents is 1. The van der Waals surface area contributed by atoms with Gasteiger partial charge in [-0.1, -0.05) is 24.3 Å². The van der Waals surface area contributed by atoms with Crippen LogP contribution in [0.3, 0.4) is 0 Å². The summed E-state index contributed by atoms with van der Waals surface area (Å²) in [5.41, 5.74) is 2.40. The lowest BCUT2D eigenvalue weighted by Gasteiger charge is -2.40. The van der Waals surface area contributed by atoms with Crippen molar-refractivity contribution in [3.05, 3.63) is 119 Å². The van der Waals surface area contributed by atoms with Gasteiger partial charge in [-0.3, -0.25) is 24.1 Å². The number of carbonyl (C=O) groups excluding carboxylic acids is 2. The Kier molecular flexibility index (Phi) is 9.83. The van der Waals surface area contributed by atoms with Crippen molar-refractivity contribution in [2.45, 2.75) is 38.7 Å². The summed E-state index contributed by atoms with van der Waals surface area (Å²) < 4.78 is 66.0. The number of aryl methyl sites for hydroxylation is 1. The minimum absolute atomic E-state index is 0.0142. The number of rotatable bonds is 8. The minimum atomic E-state index is -4.73. The number of alkyl halides is 3. The number of aromatic hydroxyl groups is 1. The number of amides is 2. The van der Waals surface area contributed by atoms with Gasteiger partial charge < -0.3 is 19.3 Å². The van der Waals surface area contributed by atoms with Gasteiger partial charge in [0.25, 0.3) is 11.8 Å². The van der Waals surface area contributed by atoms with Crippen molar-refractivity contribution in [1.29, 1.82) is 0 Å². The van der Waals surface area contributed by atoms with Gasteiger partial charge in [0.2, 0.25) is 0 Å². The van der Waals surface area contributed by atoms with Gasteiger partial charge in [-0.2, -0.15) is 18.3 Å². The monoisotopic (exact) mass is 730 g/mol. The SMILES string of the molecule is Cc1c(C(=O)N(c2ccc(O)cc2)c2cnn(C)c2)cc(-c2cc(F)ccc2C(=O)N2Cc3ccccc3C[C@H]2CN2CCOCC2)n1CC(F)(F)F. The summed E-state index contributed by atoms with van der Waals surface area (Å²) in [7, 11) is 1.65. The smallest absolute Gasteiger partial charge is 0.406 e. The van der Waals surface area contributed by atoms with Crippen LogP contribution in [-0.2, 0) is 31.3 Å². The van der Waals surface area contributed by atoms with Crippen molar-refractivity contribution in [3.63, 3.8) is 0 Å². The Morgan fingerprint density at radius 1 is 0.962 bits per heavy atom. The lowest BCUT2D eigenvalue weighted by molar-refractivity contribution is -0.140. The van der Waals surface area contributed by atoms with E-state index in [2.05, 4.69) is 10.00 Å². The predicted octanol–water partition coefficient (Wildman–Crippen LogP) is 6.48. The molecule has 1 atom stereocenters. The fraction of sp³-hybridized carbons (Fsp3) is 0.308. The third kappa shape index (κ3) is 7.55. The number of carbonyl (C=O) groups is 2. The maximum Gasteiger partial charge on any atom is 0.406 e. The number of phenols is 1. The average Bonchev–Trinajstić information content (AvgIpc) is 3.70. The fourth-order valence-electron chi connectivity index (χ4n) is 7.24. The standard InChI is InChI=1S/C39H38F4N6O4/c1-25-34(38(52)49(31-20-44-45(2)22-31)29-8-10-32(50)11-9-29)19-36(48(25)24-39(41,42)43)35-18-28(40)7-12-33(35)37(51)47-21-27-6-4-3-5-26(27)17-30(47)23-46-13-15-53-16-14-46/h3-12,18-20,22,30,50H,13-17,21,23-24H2,1-2H3/t30-/m0/s1. The number of nitrogens with zero attached hydrogens (tertiary/aromatic N) is 6. The molecule has 2 aliphatic rings. The summed E-state index contributed by atoms with van der Waals surface area (Å²) in [6.45, 7) is 3.26. The molecular weight excluding hydrogens is 692 g/mol. The first-order valence-corrected chi connectivity index (χ1v) is 17.2. The molecule has 5 aromatic rings. The lowest BCUT2D eigenvalue weighted by Crippen LogP contribution is -2.52. The van der Waals surface area contributed by atoms with Crippen molar-refractivity contribution in [2.24, 2.45) is 7.05 Å². The Hall–Kier alpha value is -5.47. The molecule has 2 aliphatic heterocycles. The first kappa shape index (κ1) is 35.9. The van der Waals surface area contributed by atoms with Crippen LogP contribution in [0.25, 0.3) is 11.3 Å². The zero-order chi connectivity index (χ0) is 37.4. The maximum atomic E-state index is 15.2. The highest BCUT2D eigenvalue weighted by Gasteiger charge is 2.36. The Morgan fingerprint density at radius 3 is 2.36 bits per heavy atom. The van der Waals surface area contributed by atoms with E-state index in [4.69, 9.17) is 4.74 Å². The lowest BCUT2D eigenvalue weighted by atomic mass is 9.92. The zero-order valence-corrected chi connectivity index (χ0v) is 29.2. The first-order valence-electron chi connectivity index (χ1n) is 17.2. The highest BCUT2D eigenvalue weighted by Crippen LogP contribution is 2.37. The van der Waals surface area contributed by atoms with Crippen LogP contribution in [-0.4, -0.2) is 86.1 Å². The third-order valence-electron chi connectivity index (χ3n) is 9.87. The van der Waals surface area contributed by atoms with Crippen molar-refractivity contribution < 1.29 is 37.0 Å². The number of fused-ring (bicyclic) bond motifs is 1. The molecule has 0 aliphatic carbocycles. The van der Waals surface area contributed by atoms with Gasteiger partial charge in [0.15, 0.2) is 0 Å². The number of morpholine rings is 1. The van der Waals surface area contributed by atoms with Crippen LogP contribution >= 0.6 is 0 Å². The summed E-state index contributed by atoms with van der Waals surface area (Å²) in [5, 5.41) is 14.1. The van der Waals surface area contributed by atoms with E-state index in [9.17, 15) is 27.9 Å². The highest BCUT2D eigenvalue weighted by atomic mass is 19.4. The molecule has 276 valence electrons. The highest BCUT2D eigenvalue weighted by molar-refractivity contribution is 6.12. The fourth-order valence-corrected chi connectivity index (χ4v) is 7.24. The summed E-state index contributed by atoms with van der Waals surface area (Å²) in [6, 6.07) is 18.1. The molecule has 0 radical (unpaired) electrons. The predicted molar refractivity (Wildman–Crippen MR) is 189 cm³/mol. The molecule has 0 bridgehead atoms. The Balaban J connectivity index is 1.33. The summed E-state index contributed by atoms with van der Waals surface area (Å²) in [5.74, 6) is -1.95. The molecule has 14 heteroatoms. The van der Waals surface area contributed by atoms with E-state index < -0.39 is 30.4 Å². The number of anilines is 2. The Labute approximate surface area is 303 Å². The molecule has 0 saturated carbocycles. The second kappa shape index (κ2) is 14.5. The second-order valence-corrected chi connectivity index (χ2v) is 13.4. The van der Waals surface area contributed by atoms with E-state index >= 15 is 4.39 Å². The summed E-state index contributed by atoms with van der Waals surface area (Å²) in [4.78, 5) is 34.4. The molecule has 0 spiro atoms. The number of benzene rings is 3. The van der Waals surface area contributed by atoms with Gasteiger partial charge >= 0.3 is 6.18 Å². The molecule has 3 aromatic carbocycles. The zero-order valence-electron chi connectivity index (χ0n) is 29.2. The van der Waals surface area contributed by atoms with Gasteiger partial charge in [-0.05, 0) is 73.0 Å². The van der Waals surface area contributed by atoms with Gasteiger partial charge in [0.05, 0.1) is 36.4 Å². The van der Waals surface area contributed by atoms with Gasteiger partial charge in [0, 0.05) is 68.0 Å². The number of aromatic nitrogens is 3. The van der Waals surface area contributed by atoms with E-state index in [1.165, 1.54) is 59.1 Å². The van der Waals surface area contributed by atoms with Crippen LogP contribution in [0.1, 0.15) is 37.5 Å². The van der Waals surface area contributed by atoms with Crippen LogP contribution in [0.2, 0.25) is 0 Å². The van der Waals surface area contributed by atoms with Gasteiger partial charge in [-0.15, -0.1) is 0 Å². The Morgan fingerprint density at radius 2 is 1.68 bits per heavy atom. The van der Waals surface area contributed by atoms with E-state index in [1.54, 1.807) is 18.1 Å². The van der Waals surface area contributed by atoms with E-state index in [0.717, 1.165) is 27.8 Å². The van der Waals surface area contributed by atoms with Gasteiger partial charge in [-0.25, -0.2) is 4.39 Å². The molecular formula is C39H38F4N6O4. The van der Waals surface area contributed by atoms with E-state index in [1.807, 2.05) is 24.3 Å². The second-order valence-electron chi connectivity index (χ2n) is 13.4. The van der Waals surface area contributed by atoms with Crippen molar-refractivity contribution >= 4 is 23.2 Å². The number of halogens is 4. The topological polar surface area (TPSA) is 96.1 Å². The molecule has 2 amide bonds. The Bertz CT molecular complexity index is 2140. The molecule has 1 N–H and O–H groups in total. The largest absolute Gasteiger partial charge is 0.508 e. The van der Waals surface area contributed by atoms with Gasteiger partial charge in [0.1, 0.15) is 18.1 Å².